The Bertz CT molecular complexity index is 804. The largest absolute Gasteiger partial charge is 0.444 e. The van der Waals surface area contributed by atoms with Crippen molar-refractivity contribution in [2.45, 2.75) is 104 Å². The Morgan fingerprint density at radius 3 is 2.06 bits per heavy atom. The molecule has 2 fully saturated rings. The summed E-state index contributed by atoms with van der Waals surface area (Å²) in [6.07, 6.45) is 1.41. The lowest BCUT2D eigenvalue weighted by atomic mass is 9.85. The summed E-state index contributed by atoms with van der Waals surface area (Å²) in [7, 11) is -3.54. The molecule has 0 radical (unpaired) electrons. The number of nitrogens with zero attached hydrogens (tertiary/aromatic N) is 1. The van der Waals surface area contributed by atoms with Crippen molar-refractivity contribution in [2.75, 3.05) is 19.8 Å². The second-order valence-corrected chi connectivity index (χ2v) is 13.4. The minimum atomic E-state index is -3.54. The van der Waals surface area contributed by atoms with Crippen LogP contribution in [-0.2, 0) is 27.9 Å². The Labute approximate surface area is 203 Å². The van der Waals surface area contributed by atoms with E-state index in [2.05, 4.69) is 10.6 Å². The van der Waals surface area contributed by atoms with Gasteiger partial charge >= 0.3 is 13.7 Å². The van der Waals surface area contributed by atoms with Gasteiger partial charge in [-0.3, -0.25) is 14.2 Å². The smallest absolute Gasteiger partial charge is 0.408 e. The van der Waals surface area contributed by atoms with Gasteiger partial charge in [-0.05, 0) is 65.7 Å². The van der Waals surface area contributed by atoms with Crippen LogP contribution in [0.1, 0.15) is 81.1 Å². The van der Waals surface area contributed by atoms with Gasteiger partial charge in [0.25, 0.3) is 0 Å². The Balaban J connectivity index is 2.19. The van der Waals surface area contributed by atoms with Crippen LogP contribution in [0.3, 0.4) is 0 Å². The highest BCUT2D eigenvalue weighted by Gasteiger charge is 2.62. The molecule has 2 atom stereocenters. The maximum atomic E-state index is 13.6. The summed E-state index contributed by atoms with van der Waals surface area (Å²) in [5.74, 6) is -0.730. The zero-order valence-corrected chi connectivity index (χ0v) is 22.8. The number of rotatable bonds is 9. The zero-order valence-electron chi connectivity index (χ0n) is 21.9. The monoisotopic (exact) mass is 503 g/mol. The number of carbonyl (C=O) groups is 3. The standard InChI is InChI=1S/C23H42N3O7P/c1-9-31-34(30,32-10-2)23(13-14-23)25-18(27)16-12-11-15-26(16)19(28)17(21(3,4)5)24-20(29)33-22(6,7)8/h16-17H,9-15H2,1-8H3,(H,24,29)(H,25,27)/t16-,17+/m0/s1. The van der Waals surface area contributed by atoms with Gasteiger partial charge in [-0.15, -0.1) is 0 Å². The molecule has 34 heavy (non-hydrogen) atoms. The van der Waals surface area contributed by atoms with E-state index in [0.29, 0.717) is 32.2 Å². The molecule has 0 spiro atoms. The summed E-state index contributed by atoms with van der Waals surface area (Å²) in [6, 6.07) is -1.62. The predicted octanol–water partition coefficient (Wildman–Crippen LogP) is 3.79. The summed E-state index contributed by atoms with van der Waals surface area (Å²) in [6.45, 7) is 15.0. The van der Waals surface area contributed by atoms with Gasteiger partial charge in [0.15, 0.2) is 0 Å². The molecule has 2 aliphatic rings. The average molecular weight is 504 g/mol. The van der Waals surface area contributed by atoms with Gasteiger partial charge in [-0.2, -0.15) is 0 Å². The van der Waals surface area contributed by atoms with Crippen molar-refractivity contribution >= 4 is 25.5 Å². The number of hydrogen-bond donors (Lipinski definition) is 2. The highest BCUT2D eigenvalue weighted by molar-refractivity contribution is 7.56. The lowest BCUT2D eigenvalue weighted by molar-refractivity contribution is -0.142. The molecule has 0 aromatic rings. The third-order valence-corrected chi connectivity index (χ3v) is 8.62. The Hall–Kier alpha value is -1.64. The van der Waals surface area contributed by atoms with Crippen LogP contribution in [0.15, 0.2) is 0 Å². The van der Waals surface area contributed by atoms with Crippen molar-refractivity contribution in [1.82, 2.24) is 15.5 Å². The van der Waals surface area contributed by atoms with Crippen molar-refractivity contribution < 1.29 is 32.7 Å². The fraction of sp³-hybridized carbons (Fsp3) is 0.870. The van der Waals surface area contributed by atoms with Crippen molar-refractivity contribution in [3.05, 3.63) is 0 Å². The minimum Gasteiger partial charge on any atom is -0.444 e. The first-order chi connectivity index (χ1) is 15.6. The van der Waals surface area contributed by atoms with Gasteiger partial charge in [0.05, 0.1) is 13.2 Å². The number of ether oxygens (including phenoxy) is 1. The van der Waals surface area contributed by atoms with Crippen LogP contribution in [0.2, 0.25) is 0 Å². The fourth-order valence-electron chi connectivity index (χ4n) is 4.07. The van der Waals surface area contributed by atoms with Crippen LogP contribution in [0.25, 0.3) is 0 Å². The Morgan fingerprint density at radius 2 is 1.62 bits per heavy atom. The van der Waals surface area contributed by atoms with Crippen LogP contribution in [0, 0.1) is 5.41 Å². The van der Waals surface area contributed by atoms with Gasteiger partial charge < -0.3 is 29.3 Å². The van der Waals surface area contributed by atoms with Crippen LogP contribution >= 0.6 is 7.60 Å². The molecule has 0 aromatic carbocycles. The van der Waals surface area contributed by atoms with E-state index in [9.17, 15) is 18.9 Å². The molecule has 3 amide bonds. The fourth-order valence-corrected chi connectivity index (χ4v) is 6.22. The molecule has 10 nitrogen and oxygen atoms in total. The molecule has 196 valence electrons. The Kier molecular flexibility index (Phi) is 8.87. The highest BCUT2D eigenvalue weighted by atomic mass is 31.2. The van der Waals surface area contributed by atoms with Crippen LogP contribution < -0.4 is 10.6 Å². The number of alkyl carbamates (subject to hydrolysis) is 1. The van der Waals surface area contributed by atoms with Crippen molar-refractivity contribution in [3.8, 4) is 0 Å². The molecule has 1 heterocycles. The van der Waals surface area contributed by atoms with E-state index in [0.717, 1.165) is 0 Å². The number of nitrogens with one attached hydrogen (secondary N) is 2. The average Bonchev–Trinajstić information content (AvgIpc) is 3.30. The van der Waals surface area contributed by atoms with Crippen molar-refractivity contribution in [1.29, 1.82) is 0 Å². The molecule has 1 aliphatic carbocycles. The maximum absolute atomic E-state index is 13.6. The quantitative estimate of drug-likeness (QED) is 0.459. The zero-order chi connectivity index (χ0) is 25.9. The first-order valence-electron chi connectivity index (χ1n) is 12.1. The summed E-state index contributed by atoms with van der Waals surface area (Å²) in [4.78, 5) is 40.8. The van der Waals surface area contributed by atoms with E-state index in [-0.39, 0.29) is 25.0 Å². The Morgan fingerprint density at radius 1 is 1.06 bits per heavy atom. The van der Waals surface area contributed by atoms with Crippen LogP contribution in [0.4, 0.5) is 4.79 Å². The first-order valence-corrected chi connectivity index (χ1v) is 13.6. The highest BCUT2D eigenvalue weighted by Crippen LogP contribution is 2.69. The molecular weight excluding hydrogens is 461 g/mol. The van der Waals surface area contributed by atoms with E-state index in [1.54, 1.807) is 34.6 Å². The van der Waals surface area contributed by atoms with Crippen molar-refractivity contribution in [3.63, 3.8) is 0 Å². The second kappa shape index (κ2) is 10.5. The molecule has 1 saturated carbocycles. The first kappa shape index (κ1) is 28.6. The van der Waals surface area contributed by atoms with E-state index in [1.165, 1.54) is 4.90 Å². The summed E-state index contributed by atoms with van der Waals surface area (Å²) in [5.41, 5.74) is -1.33. The van der Waals surface area contributed by atoms with Crippen LogP contribution in [0.5, 0.6) is 0 Å². The van der Waals surface area contributed by atoms with Crippen LogP contribution in [-0.4, -0.2) is 65.5 Å². The van der Waals surface area contributed by atoms with Gasteiger partial charge in [0, 0.05) is 6.54 Å². The molecule has 2 rings (SSSR count). The lowest BCUT2D eigenvalue weighted by Gasteiger charge is -2.36. The third-order valence-electron chi connectivity index (χ3n) is 5.81. The summed E-state index contributed by atoms with van der Waals surface area (Å²) in [5, 5.41) is 4.55. The van der Waals surface area contributed by atoms with E-state index < -0.39 is 42.1 Å². The number of hydrogen-bond acceptors (Lipinski definition) is 7. The molecule has 0 unspecified atom stereocenters. The van der Waals surface area contributed by atoms with Crippen molar-refractivity contribution in [2.24, 2.45) is 5.41 Å². The minimum absolute atomic E-state index is 0.201. The molecule has 0 aromatic heterocycles. The van der Waals surface area contributed by atoms with E-state index >= 15 is 0 Å². The number of likely N-dealkylation sites (tertiary alicyclic amines) is 1. The molecule has 0 bridgehead atoms. The maximum Gasteiger partial charge on any atom is 0.408 e. The molecule has 2 N–H and O–H groups in total. The molecule has 1 aliphatic heterocycles. The van der Waals surface area contributed by atoms with Gasteiger partial charge in [-0.25, -0.2) is 4.79 Å². The summed E-state index contributed by atoms with van der Waals surface area (Å²) < 4.78 is 29.6. The number of amides is 3. The van der Waals surface area contributed by atoms with E-state index in [1.807, 2.05) is 20.8 Å². The SMILES string of the molecule is CCOP(=O)(OCC)C1(NC(=O)[C@@H]2CCCN2C(=O)[C@@H](NC(=O)OC(C)(C)C)C(C)(C)C)CC1. The second-order valence-electron chi connectivity index (χ2n) is 11.0. The van der Waals surface area contributed by atoms with Gasteiger partial charge in [0.1, 0.15) is 23.0 Å². The third kappa shape index (κ3) is 6.73. The predicted molar refractivity (Wildman–Crippen MR) is 128 cm³/mol. The molecule has 1 saturated heterocycles. The van der Waals surface area contributed by atoms with E-state index in [4.69, 9.17) is 13.8 Å². The lowest BCUT2D eigenvalue weighted by Crippen LogP contribution is -2.58. The molecular formula is C23H42N3O7P. The topological polar surface area (TPSA) is 123 Å². The molecule has 11 heteroatoms. The van der Waals surface area contributed by atoms with Gasteiger partial charge in [-0.1, -0.05) is 20.8 Å². The number of carbonyl (C=O) groups excluding carboxylic acids is 3. The van der Waals surface area contributed by atoms with Gasteiger partial charge in [0.2, 0.25) is 11.8 Å². The summed E-state index contributed by atoms with van der Waals surface area (Å²) >= 11 is 0. The normalized spacial score (nSPS) is 21.1.